The van der Waals surface area contributed by atoms with Gasteiger partial charge in [0, 0.05) is 23.3 Å². The maximum atomic E-state index is 13.5. The molecule has 0 bridgehead atoms. The Morgan fingerprint density at radius 2 is 1.56 bits per heavy atom. The van der Waals surface area contributed by atoms with Crippen LogP contribution < -0.4 is 10.4 Å². The zero-order chi connectivity index (χ0) is 30.3. The summed E-state index contributed by atoms with van der Waals surface area (Å²) in [6.45, 7) is 19.8. The van der Waals surface area contributed by atoms with Gasteiger partial charge in [-0.05, 0) is 68.4 Å². The maximum absolute atomic E-state index is 13.5. The highest BCUT2D eigenvalue weighted by Crippen LogP contribution is 2.35. The summed E-state index contributed by atoms with van der Waals surface area (Å²) in [5, 5.41) is 4.23. The predicted octanol–water partition coefficient (Wildman–Crippen LogP) is 6.42. The lowest BCUT2D eigenvalue weighted by atomic mass is 9.79. The molecule has 1 saturated heterocycles. The first-order valence-electron chi connectivity index (χ1n) is 13.3. The van der Waals surface area contributed by atoms with E-state index in [-0.39, 0.29) is 17.1 Å². The maximum Gasteiger partial charge on any atom is 0.564 e. The third kappa shape index (κ3) is 6.97. The molecule has 0 aliphatic carbocycles. The third-order valence-electron chi connectivity index (χ3n) is 5.97. The van der Waals surface area contributed by atoms with E-state index < -0.39 is 36.1 Å². The monoisotopic (exact) mass is 561 g/mol. The van der Waals surface area contributed by atoms with Crippen molar-refractivity contribution in [1.82, 2.24) is 10.1 Å². The van der Waals surface area contributed by atoms with Crippen LogP contribution in [0.3, 0.4) is 0 Å². The molecule has 1 fully saturated rings. The minimum atomic E-state index is -0.964. The summed E-state index contributed by atoms with van der Waals surface area (Å²) >= 11 is 0. The van der Waals surface area contributed by atoms with E-state index in [9.17, 15) is 9.59 Å². The summed E-state index contributed by atoms with van der Waals surface area (Å²) in [6.07, 6.45) is -0.472. The molecular formula is C30H36BN3O7. The van der Waals surface area contributed by atoms with Gasteiger partial charge in [0.25, 0.3) is 0 Å². The quantitative estimate of drug-likeness (QED) is 0.333. The van der Waals surface area contributed by atoms with E-state index in [4.69, 9.17) is 23.3 Å². The standard InChI is InChI=1S/C30H36BN3O7/c1-18-11-13-20(14-12-18)23-16-24(40-33-23)22-15-21(31-39-19(2)30(9,10)41-31)17-32-25(22)34(26(35)37-28(3,4)5)27(36)38-29(6,7)8/h11-17H,2H2,1,3-10H3. The number of carbonyl (C=O) groups is 2. The second-order valence-corrected chi connectivity index (χ2v) is 12.4. The fraction of sp³-hybridized carbons (Fsp3) is 0.400. The number of hydrogen-bond acceptors (Lipinski definition) is 9. The molecule has 4 rings (SSSR count). The molecule has 0 unspecified atom stereocenters. The number of benzene rings is 1. The Kier molecular flexibility index (Phi) is 7.79. The van der Waals surface area contributed by atoms with Crippen LogP contribution in [0.15, 0.2) is 59.5 Å². The van der Waals surface area contributed by atoms with Gasteiger partial charge in [-0.2, -0.15) is 4.90 Å². The summed E-state index contributed by atoms with van der Waals surface area (Å²) in [6, 6.07) is 11.2. The molecule has 1 aliphatic heterocycles. The lowest BCUT2D eigenvalue weighted by molar-refractivity contribution is 0.0429. The second-order valence-electron chi connectivity index (χ2n) is 12.4. The van der Waals surface area contributed by atoms with E-state index in [0.717, 1.165) is 16.0 Å². The van der Waals surface area contributed by atoms with Gasteiger partial charge in [-0.3, -0.25) is 0 Å². The normalized spacial score (nSPS) is 15.0. The molecule has 0 N–H and O–H groups in total. The Morgan fingerprint density at radius 3 is 2.07 bits per heavy atom. The fourth-order valence-electron chi connectivity index (χ4n) is 3.85. The highest BCUT2D eigenvalue weighted by atomic mass is 16.7. The summed E-state index contributed by atoms with van der Waals surface area (Å²) in [5.74, 6) is 0.636. The smallest absolute Gasteiger partial charge is 0.534 e. The molecule has 3 aromatic rings. The molecule has 0 atom stereocenters. The highest BCUT2D eigenvalue weighted by molar-refractivity contribution is 6.62. The van der Waals surface area contributed by atoms with Crippen LogP contribution >= 0.6 is 0 Å². The van der Waals surface area contributed by atoms with Crippen molar-refractivity contribution in [3.63, 3.8) is 0 Å². The number of imide groups is 1. The van der Waals surface area contributed by atoms with Crippen molar-refractivity contribution in [1.29, 1.82) is 0 Å². The second kappa shape index (κ2) is 10.7. The van der Waals surface area contributed by atoms with Crippen LogP contribution in [0.2, 0.25) is 0 Å². The molecule has 2 amide bonds. The minimum absolute atomic E-state index is 0.0695. The van der Waals surface area contributed by atoms with Gasteiger partial charge >= 0.3 is 19.3 Å². The summed E-state index contributed by atoms with van der Waals surface area (Å²) in [4.78, 5) is 32.2. The number of pyridine rings is 1. The van der Waals surface area contributed by atoms with Crippen molar-refractivity contribution in [3.8, 4) is 22.6 Å². The van der Waals surface area contributed by atoms with E-state index in [1.807, 2.05) is 45.0 Å². The van der Waals surface area contributed by atoms with Crippen molar-refractivity contribution in [2.45, 2.75) is 79.1 Å². The molecule has 216 valence electrons. The Morgan fingerprint density at radius 1 is 0.976 bits per heavy atom. The predicted molar refractivity (Wildman–Crippen MR) is 156 cm³/mol. The molecular weight excluding hydrogens is 525 g/mol. The van der Waals surface area contributed by atoms with Crippen molar-refractivity contribution in [2.24, 2.45) is 0 Å². The van der Waals surface area contributed by atoms with E-state index in [1.54, 1.807) is 53.7 Å². The van der Waals surface area contributed by atoms with Crippen molar-refractivity contribution >= 4 is 30.6 Å². The molecule has 0 radical (unpaired) electrons. The van der Waals surface area contributed by atoms with Crippen molar-refractivity contribution in [3.05, 3.63) is 60.5 Å². The lowest BCUT2D eigenvalue weighted by Gasteiger charge is -2.28. The largest absolute Gasteiger partial charge is 0.564 e. The Hall–Kier alpha value is -4.12. The average molecular weight is 561 g/mol. The van der Waals surface area contributed by atoms with Crippen LogP contribution in [-0.4, -0.2) is 46.2 Å². The zero-order valence-electron chi connectivity index (χ0n) is 25.0. The molecule has 3 heterocycles. The van der Waals surface area contributed by atoms with E-state index in [1.165, 1.54) is 6.20 Å². The van der Waals surface area contributed by atoms with Crippen LogP contribution in [0, 0.1) is 6.92 Å². The number of nitrogens with zero attached hydrogens (tertiary/aromatic N) is 3. The topological polar surface area (TPSA) is 113 Å². The molecule has 0 spiro atoms. The van der Waals surface area contributed by atoms with Gasteiger partial charge in [0.15, 0.2) is 11.6 Å². The van der Waals surface area contributed by atoms with E-state index in [2.05, 4.69) is 16.7 Å². The average Bonchev–Trinajstić information content (AvgIpc) is 3.42. The highest BCUT2D eigenvalue weighted by Gasteiger charge is 2.44. The van der Waals surface area contributed by atoms with Gasteiger partial charge in [-0.15, -0.1) is 0 Å². The van der Waals surface area contributed by atoms with Crippen molar-refractivity contribution in [2.75, 3.05) is 4.90 Å². The van der Waals surface area contributed by atoms with E-state index in [0.29, 0.717) is 16.9 Å². The first-order chi connectivity index (χ1) is 18.9. The van der Waals surface area contributed by atoms with Gasteiger partial charge in [-0.1, -0.05) is 41.6 Å². The minimum Gasteiger partial charge on any atom is -0.534 e. The number of aromatic nitrogens is 2. The first-order valence-corrected chi connectivity index (χ1v) is 13.3. The first kappa shape index (κ1) is 29.9. The number of amides is 2. The van der Waals surface area contributed by atoms with Crippen LogP contribution in [-0.2, 0) is 18.8 Å². The Labute approximate surface area is 240 Å². The Balaban J connectivity index is 1.87. The van der Waals surface area contributed by atoms with Crippen LogP contribution in [0.1, 0.15) is 61.0 Å². The number of carbonyl (C=O) groups excluding carboxylic acids is 2. The van der Waals surface area contributed by atoms with Gasteiger partial charge in [0.2, 0.25) is 0 Å². The molecule has 10 nitrogen and oxygen atoms in total. The summed E-state index contributed by atoms with van der Waals surface area (Å²) < 4.78 is 28.8. The van der Waals surface area contributed by atoms with Crippen LogP contribution in [0.4, 0.5) is 15.4 Å². The van der Waals surface area contributed by atoms with Gasteiger partial charge < -0.3 is 23.3 Å². The van der Waals surface area contributed by atoms with Gasteiger partial charge in [0.05, 0.1) is 11.3 Å². The third-order valence-corrected chi connectivity index (χ3v) is 5.97. The zero-order valence-corrected chi connectivity index (χ0v) is 25.0. The fourth-order valence-corrected chi connectivity index (χ4v) is 3.85. The summed E-state index contributed by atoms with van der Waals surface area (Å²) in [5.41, 5.74) is 0.730. The molecule has 2 aromatic heterocycles. The molecule has 11 heteroatoms. The molecule has 41 heavy (non-hydrogen) atoms. The molecule has 1 aliphatic rings. The van der Waals surface area contributed by atoms with E-state index >= 15 is 0 Å². The number of ether oxygens (including phenoxy) is 2. The summed E-state index contributed by atoms with van der Waals surface area (Å²) in [7, 11) is -0.825. The number of aryl methyl sites for hydroxylation is 1. The number of anilines is 1. The number of hydrogen-bond donors (Lipinski definition) is 0. The van der Waals surface area contributed by atoms with Crippen LogP contribution in [0.25, 0.3) is 22.6 Å². The van der Waals surface area contributed by atoms with Gasteiger partial charge in [0.1, 0.15) is 22.5 Å². The van der Waals surface area contributed by atoms with Crippen LogP contribution in [0.5, 0.6) is 0 Å². The SMILES string of the molecule is C=C1OB(c2cnc(N(C(=O)OC(C)(C)C)C(=O)OC(C)(C)C)c(-c3cc(-c4ccc(C)cc4)no3)c2)OC1(C)C. The molecule has 0 saturated carbocycles. The molecule has 1 aromatic carbocycles. The number of rotatable bonds is 4. The Bertz CT molecular complexity index is 1440. The van der Waals surface area contributed by atoms with Gasteiger partial charge in [-0.25, -0.2) is 14.6 Å². The van der Waals surface area contributed by atoms with Crippen molar-refractivity contribution < 1.29 is 32.9 Å². The lowest BCUT2D eigenvalue weighted by Crippen LogP contribution is -2.45.